The van der Waals surface area contributed by atoms with Gasteiger partial charge < -0.3 is 15.0 Å². The number of nitrogens with two attached hydrogens (primary N) is 1. The number of aryl methyl sites for hydroxylation is 2. The molecule has 114 valence electrons. The number of primary amides is 1. The first-order valence-electron chi connectivity index (χ1n) is 7.03. The van der Waals surface area contributed by atoms with Crippen molar-refractivity contribution in [1.82, 2.24) is 9.55 Å². The second-order valence-electron chi connectivity index (χ2n) is 4.90. The fraction of sp³-hybridized carbons (Fsp3) is 0.467. The van der Waals surface area contributed by atoms with Crippen molar-refractivity contribution < 1.29 is 9.53 Å². The van der Waals surface area contributed by atoms with E-state index in [-0.39, 0.29) is 5.91 Å². The number of nitrogens with zero attached hydrogens (tertiary/aromatic N) is 2. The molecule has 1 aromatic heterocycles. The Morgan fingerprint density at radius 3 is 2.90 bits per heavy atom. The molecule has 1 aromatic carbocycles. The van der Waals surface area contributed by atoms with Crippen LogP contribution >= 0.6 is 11.6 Å². The van der Waals surface area contributed by atoms with Gasteiger partial charge in [0.25, 0.3) is 0 Å². The van der Waals surface area contributed by atoms with Crippen LogP contribution in [0.1, 0.15) is 25.1 Å². The number of carbonyl (C=O) groups excluding carboxylic acids is 1. The Labute approximate surface area is 129 Å². The number of fused-ring (bicyclic) bond motifs is 1. The summed E-state index contributed by atoms with van der Waals surface area (Å²) in [6, 6.07) is 5.83. The summed E-state index contributed by atoms with van der Waals surface area (Å²) in [7, 11) is 1.65. The lowest BCUT2D eigenvalue weighted by molar-refractivity contribution is -0.118. The molecule has 6 heteroatoms. The Hall–Kier alpha value is -1.75. The van der Waals surface area contributed by atoms with E-state index in [1.807, 2.05) is 18.2 Å². The molecule has 0 radical (unpaired) electrons. The highest BCUT2D eigenvalue weighted by atomic mass is 35.5. The predicted molar refractivity (Wildman–Crippen MR) is 83.8 cm³/mol. The van der Waals surface area contributed by atoms with Crippen molar-refractivity contribution in [2.45, 2.75) is 32.2 Å². The van der Waals surface area contributed by atoms with Gasteiger partial charge in [0, 0.05) is 31.3 Å². The third-order valence-corrected chi connectivity index (χ3v) is 3.60. The first-order chi connectivity index (χ1) is 10.2. The molecule has 0 aliphatic heterocycles. The molecule has 5 nitrogen and oxygen atoms in total. The number of hydrogen-bond acceptors (Lipinski definition) is 3. The molecule has 2 rings (SSSR count). The molecule has 0 spiro atoms. The average molecular weight is 310 g/mol. The average Bonchev–Trinajstić information content (AvgIpc) is 2.80. The summed E-state index contributed by atoms with van der Waals surface area (Å²) >= 11 is 5.86. The van der Waals surface area contributed by atoms with E-state index >= 15 is 0 Å². The molecule has 0 unspecified atom stereocenters. The van der Waals surface area contributed by atoms with Crippen LogP contribution in [0.3, 0.4) is 0 Å². The number of aromatic nitrogens is 2. The summed E-state index contributed by atoms with van der Waals surface area (Å²) in [6.07, 6.45) is 2.79. The van der Waals surface area contributed by atoms with Crippen molar-refractivity contribution in [2.24, 2.45) is 5.73 Å². The van der Waals surface area contributed by atoms with Crippen molar-refractivity contribution >= 4 is 28.5 Å². The lowest BCUT2D eigenvalue weighted by atomic mass is 10.2. The zero-order chi connectivity index (χ0) is 15.2. The van der Waals surface area contributed by atoms with Crippen LogP contribution in [0, 0.1) is 0 Å². The Bertz CT molecular complexity index is 625. The second-order valence-corrected chi connectivity index (χ2v) is 5.27. The van der Waals surface area contributed by atoms with E-state index in [2.05, 4.69) is 9.55 Å². The predicted octanol–water partition coefficient (Wildman–Crippen LogP) is 2.48. The molecule has 0 atom stereocenters. The standard InChI is InChI=1S/C15H20ClN3O2/c1-21-11-5-6-12-13(10-11)19(15(18-12)7-8-16)9-3-2-4-14(17)20/h5-6,10H,2-4,7-9H2,1H3,(H2,17,20). The van der Waals surface area contributed by atoms with Crippen LogP contribution in [0.15, 0.2) is 18.2 Å². The molecular formula is C15H20ClN3O2. The lowest BCUT2D eigenvalue weighted by Crippen LogP contribution is -2.11. The molecule has 0 bridgehead atoms. The third-order valence-electron chi connectivity index (χ3n) is 3.41. The van der Waals surface area contributed by atoms with Crippen LogP contribution in [-0.4, -0.2) is 28.4 Å². The summed E-state index contributed by atoms with van der Waals surface area (Å²) in [5, 5.41) is 0. The van der Waals surface area contributed by atoms with Crippen molar-refractivity contribution in [1.29, 1.82) is 0 Å². The maximum atomic E-state index is 10.8. The molecular weight excluding hydrogens is 290 g/mol. The number of methoxy groups -OCH3 is 1. The Morgan fingerprint density at radius 2 is 2.24 bits per heavy atom. The van der Waals surface area contributed by atoms with Gasteiger partial charge in [0.1, 0.15) is 11.6 Å². The van der Waals surface area contributed by atoms with E-state index in [0.29, 0.717) is 18.7 Å². The van der Waals surface area contributed by atoms with Crippen LogP contribution in [0.5, 0.6) is 5.75 Å². The molecule has 21 heavy (non-hydrogen) atoms. The lowest BCUT2D eigenvalue weighted by Gasteiger charge is -2.08. The number of imidazole rings is 1. The van der Waals surface area contributed by atoms with E-state index in [4.69, 9.17) is 22.1 Å². The van der Waals surface area contributed by atoms with Gasteiger partial charge in [0.05, 0.1) is 18.1 Å². The van der Waals surface area contributed by atoms with E-state index in [9.17, 15) is 4.79 Å². The van der Waals surface area contributed by atoms with Crippen LogP contribution in [0.25, 0.3) is 11.0 Å². The van der Waals surface area contributed by atoms with E-state index < -0.39 is 0 Å². The number of rotatable bonds is 8. The Kier molecular flexibility index (Phi) is 5.44. The Morgan fingerprint density at radius 1 is 1.43 bits per heavy atom. The van der Waals surface area contributed by atoms with Crippen molar-refractivity contribution in [3.05, 3.63) is 24.0 Å². The fourth-order valence-corrected chi connectivity index (χ4v) is 2.54. The van der Waals surface area contributed by atoms with Gasteiger partial charge in [-0.1, -0.05) is 0 Å². The van der Waals surface area contributed by atoms with Gasteiger partial charge in [0.15, 0.2) is 0 Å². The smallest absolute Gasteiger partial charge is 0.217 e. The molecule has 0 aliphatic carbocycles. The number of unbranched alkanes of at least 4 members (excludes halogenated alkanes) is 1. The Balaban J connectivity index is 2.23. The molecule has 0 saturated carbocycles. The minimum atomic E-state index is -0.256. The summed E-state index contributed by atoms with van der Waals surface area (Å²) in [4.78, 5) is 15.4. The maximum absolute atomic E-state index is 10.8. The van der Waals surface area contributed by atoms with Gasteiger partial charge in [-0.25, -0.2) is 4.98 Å². The topological polar surface area (TPSA) is 70.1 Å². The number of halogens is 1. The minimum Gasteiger partial charge on any atom is -0.497 e. The SMILES string of the molecule is COc1ccc2nc(CCCl)n(CCCCC(N)=O)c2c1. The largest absolute Gasteiger partial charge is 0.497 e. The molecule has 2 N–H and O–H groups in total. The first kappa shape index (κ1) is 15.6. The normalized spacial score (nSPS) is 11.0. The fourth-order valence-electron chi connectivity index (χ4n) is 2.37. The minimum absolute atomic E-state index is 0.256. The number of ether oxygens (including phenoxy) is 1. The van der Waals surface area contributed by atoms with Gasteiger partial charge >= 0.3 is 0 Å². The highest BCUT2D eigenvalue weighted by Crippen LogP contribution is 2.23. The van der Waals surface area contributed by atoms with Crippen LogP contribution < -0.4 is 10.5 Å². The van der Waals surface area contributed by atoms with Crippen molar-refractivity contribution in [3.63, 3.8) is 0 Å². The van der Waals surface area contributed by atoms with Crippen LogP contribution in [0.2, 0.25) is 0 Å². The van der Waals surface area contributed by atoms with E-state index in [1.54, 1.807) is 7.11 Å². The van der Waals surface area contributed by atoms with Crippen LogP contribution in [-0.2, 0) is 17.8 Å². The summed E-state index contributed by atoms with van der Waals surface area (Å²) in [5.74, 6) is 2.04. The number of hydrogen-bond donors (Lipinski definition) is 1. The van der Waals surface area contributed by atoms with Gasteiger partial charge in [-0.2, -0.15) is 0 Å². The molecule has 0 saturated heterocycles. The molecule has 2 aromatic rings. The van der Waals surface area contributed by atoms with Gasteiger partial charge in [-0.05, 0) is 25.0 Å². The number of benzene rings is 1. The summed E-state index contributed by atoms with van der Waals surface area (Å²) < 4.78 is 7.43. The number of amides is 1. The molecule has 1 amide bonds. The second kappa shape index (κ2) is 7.31. The quantitative estimate of drug-likeness (QED) is 0.601. The summed E-state index contributed by atoms with van der Waals surface area (Å²) in [6.45, 7) is 0.795. The van der Waals surface area contributed by atoms with Crippen molar-refractivity contribution in [2.75, 3.05) is 13.0 Å². The molecule has 1 heterocycles. The zero-order valence-corrected chi connectivity index (χ0v) is 12.9. The number of carbonyl (C=O) groups is 1. The third kappa shape index (κ3) is 3.88. The zero-order valence-electron chi connectivity index (χ0n) is 12.1. The maximum Gasteiger partial charge on any atom is 0.217 e. The first-order valence-corrected chi connectivity index (χ1v) is 7.56. The highest BCUT2D eigenvalue weighted by Gasteiger charge is 2.11. The highest BCUT2D eigenvalue weighted by molar-refractivity contribution is 6.17. The van der Waals surface area contributed by atoms with E-state index in [0.717, 1.165) is 42.0 Å². The summed E-state index contributed by atoms with van der Waals surface area (Å²) in [5.41, 5.74) is 7.14. The van der Waals surface area contributed by atoms with Crippen LogP contribution in [0.4, 0.5) is 0 Å². The van der Waals surface area contributed by atoms with Gasteiger partial charge in [-0.15, -0.1) is 11.6 Å². The monoisotopic (exact) mass is 309 g/mol. The van der Waals surface area contributed by atoms with Gasteiger partial charge in [0.2, 0.25) is 5.91 Å². The molecule has 0 fully saturated rings. The number of alkyl halides is 1. The van der Waals surface area contributed by atoms with Crippen molar-refractivity contribution in [3.8, 4) is 5.75 Å². The van der Waals surface area contributed by atoms with Gasteiger partial charge in [-0.3, -0.25) is 4.79 Å². The van der Waals surface area contributed by atoms with E-state index in [1.165, 1.54) is 0 Å². The molecule has 0 aliphatic rings.